The minimum Gasteiger partial charge on any atom is -0.393 e. The molecule has 0 radical (unpaired) electrons. The molecule has 0 saturated heterocycles. The van der Waals surface area contributed by atoms with Gasteiger partial charge in [-0.05, 0) is 37.3 Å². The summed E-state index contributed by atoms with van der Waals surface area (Å²) in [4.78, 5) is 15.8. The van der Waals surface area contributed by atoms with E-state index in [1.54, 1.807) is 12.1 Å². The van der Waals surface area contributed by atoms with E-state index in [4.69, 9.17) is 11.6 Å². The molecule has 1 amide bonds. The quantitative estimate of drug-likeness (QED) is 0.882. The van der Waals surface area contributed by atoms with Crippen molar-refractivity contribution in [3.8, 4) is 0 Å². The van der Waals surface area contributed by atoms with Crippen LogP contribution >= 0.6 is 11.6 Å². The van der Waals surface area contributed by atoms with Crippen LogP contribution in [0.3, 0.4) is 0 Å². The van der Waals surface area contributed by atoms with E-state index < -0.39 is 0 Å². The van der Waals surface area contributed by atoms with Crippen molar-refractivity contribution < 1.29 is 9.90 Å². The number of nitrogens with zero attached hydrogens (tertiary/aromatic N) is 1. The monoisotopic (exact) mass is 268 g/mol. The first-order valence-electron chi connectivity index (χ1n) is 6.23. The number of aliphatic hydroxyl groups is 1. The van der Waals surface area contributed by atoms with E-state index in [1.165, 1.54) is 6.20 Å². The first kappa shape index (κ1) is 13.3. The van der Waals surface area contributed by atoms with Gasteiger partial charge in [0.1, 0.15) is 5.69 Å². The van der Waals surface area contributed by atoms with E-state index in [0.717, 1.165) is 25.7 Å². The molecule has 2 unspecified atom stereocenters. The Labute approximate surface area is 111 Å². The van der Waals surface area contributed by atoms with Gasteiger partial charge in [0, 0.05) is 17.8 Å². The maximum Gasteiger partial charge on any atom is 0.269 e. The summed E-state index contributed by atoms with van der Waals surface area (Å²) >= 11 is 5.80. The number of aromatic nitrogens is 1. The van der Waals surface area contributed by atoms with Gasteiger partial charge < -0.3 is 10.4 Å². The van der Waals surface area contributed by atoms with Gasteiger partial charge in [-0.1, -0.05) is 18.0 Å². The normalized spacial score (nSPS) is 23.7. The van der Waals surface area contributed by atoms with Crippen molar-refractivity contribution in [1.82, 2.24) is 10.3 Å². The number of carbonyl (C=O) groups is 1. The third-order valence-corrected chi connectivity index (χ3v) is 3.50. The first-order chi connectivity index (χ1) is 8.65. The second-order valence-electron chi connectivity index (χ2n) is 4.76. The molecule has 18 heavy (non-hydrogen) atoms. The van der Waals surface area contributed by atoms with Crippen molar-refractivity contribution >= 4 is 17.5 Å². The van der Waals surface area contributed by atoms with Gasteiger partial charge in [0.15, 0.2) is 0 Å². The second-order valence-corrected chi connectivity index (χ2v) is 5.19. The van der Waals surface area contributed by atoms with Crippen LogP contribution in [0.4, 0.5) is 0 Å². The fourth-order valence-electron chi connectivity index (χ4n) is 2.30. The summed E-state index contributed by atoms with van der Waals surface area (Å²) in [6.45, 7) is 0.587. The van der Waals surface area contributed by atoms with Crippen LogP contribution in [0.2, 0.25) is 5.02 Å². The Morgan fingerprint density at radius 2 is 2.39 bits per heavy atom. The van der Waals surface area contributed by atoms with E-state index in [9.17, 15) is 9.90 Å². The molecule has 1 aromatic rings. The highest BCUT2D eigenvalue weighted by Gasteiger charge is 2.20. The molecule has 2 atom stereocenters. The number of hydrogen-bond donors (Lipinski definition) is 2. The molecule has 1 fully saturated rings. The van der Waals surface area contributed by atoms with Crippen LogP contribution in [0.1, 0.15) is 36.2 Å². The smallest absolute Gasteiger partial charge is 0.269 e. The van der Waals surface area contributed by atoms with E-state index >= 15 is 0 Å². The summed E-state index contributed by atoms with van der Waals surface area (Å²) in [6.07, 6.45) is 5.02. The largest absolute Gasteiger partial charge is 0.393 e. The molecule has 2 N–H and O–H groups in total. The van der Waals surface area contributed by atoms with Gasteiger partial charge >= 0.3 is 0 Å². The molecule has 1 aliphatic rings. The third-order valence-electron chi connectivity index (χ3n) is 3.26. The zero-order valence-electron chi connectivity index (χ0n) is 10.1. The van der Waals surface area contributed by atoms with Gasteiger partial charge in [0.25, 0.3) is 5.91 Å². The Morgan fingerprint density at radius 1 is 1.56 bits per heavy atom. The van der Waals surface area contributed by atoms with Gasteiger partial charge in [-0.15, -0.1) is 0 Å². The van der Waals surface area contributed by atoms with Gasteiger partial charge in [-0.2, -0.15) is 0 Å². The highest BCUT2D eigenvalue weighted by Crippen LogP contribution is 2.23. The summed E-state index contributed by atoms with van der Waals surface area (Å²) in [5, 5.41) is 12.9. The lowest BCUT2D eigenvalue weighted by Gasteiger charge is -2.25. The Hall–Kier alpha value is -1.13. The Balaban J connectivity index is 1.84. The summed E-state index contributed by atoms with van der Waals surface area (Å²) in [6, 6.07) is 3.18. The van der Waals surface area contributed by atoms with Crippen molar-refractivity contribution in [1.29, 1.82) is 0 Å². The molecule has 5 heteroatoms. The molecule has 0 aromatic carbocycles. The lowest BCUT2D eigenvalue weighted by atomic mass is 9.87. The highest BCUT2D eigenvalue weighted by molar-refractivity contribution is 6.30. The maximum absolute atomic E-state index is 11.8. The Kier molecular flexibility index (Phi) is 4.55. The average molecular weight is 269 g/mol. The van der Waals surface area contributed by atoms with E-state index in [1.807, 2.05) is 0 Å². The molecule has 0 aliphatic heterocycles. The molecule has 1 saturated carbocycles. The third kappa shape index (κ3) is 3.68. The maximum atomic E-state index is 11.8. The van der Waals surface area contributed by atoms with Crippen LogP contribution < -0.4 is 5.32 Å². The first-order valence-corrected chi connectivity index (χ1v) is 6.61. The van der Waals surface area contributed by atoms with Crippen LogP contribution in [0.5, 0.6) is 0 Å². The van der Waals surface area contributed by atoms with E-state index in [0.29, 0.717) is 23.2 Å². The van der Waals surface area contributed by atoms with Crippen LogP contribution in [0.25, 0.3) is 0 Å². The fourth-order valence-corrected chi connectivity index (χ4v) is 2.46. The molecule has 0 spiro atoms. The van der Waals surface area contributed by atoms with Crippen LogP contribution in [-0.2, 0) is 0 Å². The number of nitrogens with one attached hydrogen (secondary N) is 1. The molecular weight excluding hydrogens is 252 g/mol. The average Bonchev–Trinajstić information content (AvgIpc) is 2.36. The molecule has 1 aliphatic carbocycles. The van der Waals surface area contributed by atoms with Gasteiger partial charge in [0.2, 0.25) is 0 Å². The van der Waals surface area contributed by atoms with Crippen molar-refractivity contribution in [2.45, 2.75) is 31.8 Å². The predicted octanol–water partition coefficient (Wildman–Crippen LogP) is 2.02. The standard InChI is InChI=1S/C13H17ClN2O2/c14-10-4-5-15-12(7-10)13(18)16-8-9-2-1-3-11(17)6-9/h4-5,7,9,11,17H,1-3,6,8H2,(H,16,18). The van der Waals surface area contributed by atoms with Gasteiger partial charge in [0.05, 0.1) is 6.10 Å². The molecule has 1 aromatic heterocycles. The summed E-state index contributed by atoms with van der Waals surface area (Å²) in [5.74, 6) is 0.148. The zero-order valence-corrected chi connectivity index (χ0v) is 10.9. The highest BCUT2D eigenvalue weighted by atomic mass is 35.5. The molecule has 2 rings (SSSR count). The van der Waals surface area contributed by atoms with Crippen molar-refractivity contribution in [2.75, 3.05) is 6.54 Å². The van der Waals surface area contributed by atoms with Gasteiger partial charge in [-0.25, -0.2) is 0 Å². The van der Waals surface area contributed by atoms with E-state index in [2.05, 4.69) is 10.3 Å². The molecule has 0 bridgehead atoms. The number of carbonyl (C=O) groups excluding carboxylic acids is 1. The summed E-state index contributed by atoms with van der Waals surface area (Å²) in [5.41, 5.74) is 0.332. The number of amides is 1. The molecule has 4 nitrogen and oxygen atoms in total. The van der Waals surface area contributed by atoms with Crippen LogP contribution in [0, 0.1) is 5.92 Å². The Bertz CT molecular complexity index is 425. The molecule has 1 heterocycles. The molecular formula is C13H17ClN2O2. The Morgan fingerprint density at radius 3 is 3.11 bits per heavy atom. The fraction of sp³-hybridized carbons (Fsp3) is 0.538. The van der Waals surface area contributed by atoms with Crippen molar-refractivity contribution in [3.63, 3.8) is 0 Å². The number of rotatable bonds is 3. The lowest BCUT2D eigenvalue weighted by Crippen LogP contribution is -2.33. The SMILES string of the molecule is O=C(NCC1CCCC(O)C1)c1cc(Cl)ccn1. The topological polar surface area (TPSA) is 62.2 Å². The summed E-state index contributed by atoms with van der Waals surface area (Å²) < 4.78 is 0. The number of hydrogen-bond acceptors (Lipinski definition) is 3. The number of aliphatic hydroxyl groups excluding tert-OH is 1. The number of halogens is 1. The van der Waals surface area contributed by atoms with E-state index in [-0.39, 0.29) is 12.0 Å². The molecule has 98 valence electrons. The van der Waals surface area contributed by atoms with Crippen LogP contribution in [-0.4, -0.2) is 28.6 Å². The lowest BCUT2D eigenvalue weighted by molar-refractivity contribution is 0.0870. The summed E-state index contributed by atoms with van der Waals surface area (Å²) in [7, 11) is 0. The van der Waals surface area contributed by atoms with Gasteiger partial charge in [-0.3, -0.25) is 9.78 Å². The minimum absolute atomic E-state index is 0.211. The number of pyridine rings is 1. The van der Waals surface area contributed by atoms with Crippen LogP contribution in [0.15, 0.2) is 18.3 Å². The zero-order chi connectivity index (χ0) is 13.0. The van der Waals surface area contributed by atoms with Crippen molar-refractivity contribution in [3.05, 3.63) is 29.0 Å². The predicted molar refractivity (Wildman–Crippen MR) is 69.5 cm³/mol. The second kappa shape index (κ2) is 6.16. The minimum atomic E-state index is -0.218. The van der Waals surface area contributed by atoms with Crippen molar-refractivity contribution in [2.24, 2.45) is 5.92 Å².